The molecule has 0 saturated carbocycles. The number of hydrogen-bond donors (Lipinski definition) is 1. The smallest absolute Gasteiger partial charge is 0.272 e. The van der Waals surface area contributed by atoms with Crippen LogP contribution in [-0.2, 0) is 6.54 Å². The number of aryl methyl sites for hydroxylation is 1. The molecule has 4 nitrogen and oxygen atoms in total. The fraction of sp³-hybridized carbons (Fsp3) is 0.538. The quantitative estimate of drug-likeness (QED) is 0.447. The van der Waals surface area contributed by atoms with Crippen LogP contribution < -0.4 is 5.32 Å². The Morgan fingerprint density at radius 3 is 2.83 bits per heavy atom. The molecule has 0 aliphatic carbocycles. The summed E-state index contributed by atoms with van der Waals surface area (Å²) in [7, 11) is 0. The predicted octanol–water partition coefficient (Wildman–Crippen LogP) is 3.14. The molecule has 0 saturated heterocycles. The van der Waals surface area contributed by atoms with E-state index in [0.29, 0.717) is 12.1 Å². The van der Waals surface area contributed by atoms with E-state index < -0.39 is 0 Å². The van der Waals surface area contributed by atoms with Crippen LogP contribution in [-0.4, -0.2) is 23.5 Å². The van der Waals surface area contributed by atoms with Gasteiger partial charge in [-0.1, -0.05) is 12.1 Å². The summed E-state index contributed by atoms with van der Waals surface area (Å²) in [4.78, 5) is 10.5. The highest BCUT2D eigenvalue weighted by molar-refractivity contribution is 7.98. The van der Waals surface area contributed by atoms with E-state index in [-0.39, 0.29) is 10.6 Å². The van der Waals surface area contributed by atoms with Crippen LogP contribution in [0.1, 0.15) is 24.0 Å². The third-order valence-corrected chi connectivity index (χ3v) is 3.45. The molecule has 0 aliphatic rings. The Hall–Kier alpha value is -1.07. The van der Waals surface area contributed by atoms with Crippen molar-refractivity contribution in [2.45, 2.75) is 26.3 Å². The lowest BCUT2D eigenvalue weighted by Crippen LogP contribution is -2.15. The van der Waals surface area contributed by atoms with Crippen LogP contribution in [0.3, 0.4) is 0 Å². The first-order valence-electron chi connectivity index (χ1n) is 6.08. The maximum Gasteiger partial charge on any atom is 0.272 e. The lowest BCUT2D eigenvalue weighted by atomic mass is 10.1. The topological polar surface area (TPSA) is 55.2 Å². The molecule has 0 bridgehead atoms. The van der Waals surface area contributed by atoms with Crippen molar-refractivity contribution in [1.29, 1.82) is 0 Å². The zero-order valence-electron chi connectivity index (χ0n) is 10.9. The summed E-state index contributed by atoms with van der Waals surface area (Å²) in [5, 5.41) is 14.1. The first kappa shape index (κ1) is 15.0. The fourth-order valence-electron chi connectivity index (χ4n) is 1.69. The molecule has 0 fully saturated rings. The number of thioether (sulfide) groups is 1. The number of benzene rings is 1. The molecule has 0 heterocycles. The van der Waals surface area contributed by atoms with E-state index in [9.17, 15) is 10.1 Å². The molecule has 0 aliphatic heterocycles. The van der Waals surface area contributed by atoms with Crippen LogP contribution in [0.2, 0.25) is 0 Å². The van der Waals surface area contributed by atoms with Crippen LogP contribution in [0, 0.1) is 17.0 Å². The molecule has 1 rings (SSSR count). The van der Waals surface area contributed by atoms with Crippen LogP contribution in [0.15, 0.2) is 18.2 Å². The minimum atomic E-state index is -0.322. The van der Waals surface area contributed by atoms with Crippen LogP contribution in [0.5, 0.6) is 0 Å². The van der Waals surface area contributed by atoms with E-state index in [4.69, 9.17) is 0 Å². The van der Waals surface area contributed by atoms with E-state index in [2.05, 4.69) is 11.6 Å². The van der Waals surface area contributed by atoms with Gasteiger partial charge in [-0.2, -0.15) is 11.8 Å². The number of nitro groups is 1. The fourth-order valence-corrected chi connectivity index (χ4v) is 2.18. The summed E-state index contributed by atoms with van der Waals surface area (Å²) in [6.45, 7) is 3.42. The number of nitrogens with one attached hydrogen (secondary N) is 1. The van der Waals surface area contributed by atoms with E-state index in [1.165, 1.54) is 12.2 Å². The third-order valence-electron chi connectivity index (χ3n) is 2.75. The third kappa shape index (κ3) is 5.06. The zero-order chi connectivity index (χ0) is 13.4. The Bertz CT molecular complexity index is 397. The minimum Gasteiger partial charge on any atom is -0.313 e. The molecule has 18 heavy (non-hydrogen) atoms. The van der Waals surface area contributed by atoms with E-state index in [1.807, 2.05) is 23.9 Å². The summed E-state index contributed by atoms with van der Waals surface area (Å²) in [5.74, 6) is 1.19. The van der Waals surface area contributed by atoms with Crippen molar-refractivity contribution in [3.8, 4) is 0 Å². The molecule has 0 atom stereocenters. The number of hydrogen-bond acceptors (Lipinski definition) is 4. The molecular weight excluding hydrogens is 248 g/mol. The minimum absolute atomic E-state index is 0.205. The average molecular weight is 268 g/mol. The Labute approximate surface area is 112 Å². The molecule has 1 aromatic rings. The second kappa shape index (κ2) is 8.11. The standard InChI is InChI=1S/C13H20N2O2S/c1-11-5-6-12(9-13(11)15(16)17)10-14-7-3-4-8-18-2/h5-6,9,14H,3-4,7-8,10H2,1-2H3. The summed E-state index contributed by atoms with van der Waals surface area (Å²) in [6.07, 6.45) is 4.47. The van der Waals surface area contributed by atoms with Gasteiger partial charge in [0.1, 0.15) is 0 Å². The number of rotatable bonds is 8. The van der Waals surface area contributed by atoms with Crippen molar-refractivity contribution in [1.82, 2.24) is 5.32 Å². The molecule has 0 aromatic heterocycles. The highest BCUT2D eigenvalue weighted by Crippen LogP contribution is 2.19. The second-order valence-corrected chi connectivity index (χ2v) is 5.24. The van der Waals surface area contributed by atoms with Crippen LogP contribution in [0.25, 0.3) is 0 Å². The Morgan fingerprint density at radius 2 is 2.17 bits per heavy atom. The molecule has 0 radical (unpaired) electrons. The van der Waals surface area contributed by atoms with Gasteiger partial charge in [-0.15, -0.1) is 0 Å². The van der Waals surface area contributed by atoms with Gasteiger partial charge in [0.2, 0.25) is 0 Å². The highest BCUT2D eigenvalue weighted by atomic mass is 32.2. The van der Waals surface area contributed by atoms with Crippen LogP contribution in [0.4, 0.5) is 5.69 Å². The number of nitrogens with zero attached hydrogens (tertiary/aromatic N) is 1. The van der Waals surface area contributed by atoms with Gasteiger partial charge < -0.3 is 5.32 Å². The first-order chi connectivity index (χ1) is 8.65. The van der Waals surface area contributed by atoms with Gasteiger partial charge in [0.05, 0.1) is 4.92 Å². The molecule has 0 unspecified atom stereocenters. The normalized spacial score (nSPS) is 10.6. The lowest BCUT2D eigenvalue weighted by molar-refractivity contribution is -0.385. The summed E-state index contributed by atoms with van der Waals surface area (Å²) in [5.41, 5.74) is 1.89. The predicted molar refractivity (Wildman–Crippen MR) is 77.2 cm³/mol. The maximum absolute atomic E-state index is 10.8. The molecular formula is C13H20N2O2S. The first-order valence-corrected chi connectivity index (χ1v) is 7.48. The van der Waals surface area contributed by atoms with E-state index in [0.717, 1.165) is 18.5 Å². The van der Waals surface area contributed by atoms with Gasteiger partial charge >= 0.3 is 0 Å². The van der Waals surface area contributed by atoms with Crippen molar-refractivity contribution in [2.24, 2.45) is 0 Å². The molecule has 1 N–H and O–H groups in total. The number of nitro benzene ring substituents is 1. The van der Waals surface area contributed by atoms with Crippen molar-refractivity contribution < 1.29 is 4.92 Å². The highest BCUT2D eigenvalue weighted by Gasteiger charge is 2.10. The van der Waals surface area contributed by atoms with Gasteiger partial charge in [0.25, 0.3) is 5.69 Å². The van der Waals surface area contributed by atoms with Gasteiger partial charge in [-0.25, -0.2) is 0 Å². The van der Waals surface area contributed by atoms with Crippen molar-refractivity contribution >= 4 is 17.4 Å². The zero-order valence-corrected chi connectivity index (χ0v) is 11.8. The van der Waals surface area contributed by atoms with Crippen LogP contribution >= 0.6 is 11.8 Å². The molecule has 5 heteroatoms. The number of unbranched alkanes of at least 4 members (excludes halogenated alkanes) is 1. The SMILES string of the molecule is CSCCCCNCc1ccc(C)c([N+](=O)[O-])c1. The second-order valence-electron chi connectivity index (χ2n) is 4.25. The van der Waals surface area contributed by atoms with Crippen molar-refractivity contribution in [3.63, 3.8) is 0 Å². The van der Waals surface area contributed by atoms with Gasteiger partial charge in [-0.05, 0) is 43.9 Å². The van der Waals surface area contributed by atoms with Gasteiger partial charge in [-0.3, -0.25) is 10.1 Å². The lowest BCUT2D eigenvalue weighted by Gasteiger charge is -2.05. The summed E-state index contributed by atoms with van der Waals surface area (Å²) < 4.78 is 0. The Balaban J connectivity index is 2.38. The van der Waals surface area contributed by atoms with Crippen molar-refractivity contribution in [3.05, 3.63) is 39.4 Å². The van der Waals surface area contributed by atoms with Gasteiger partial charge in [0, 0.05) is 18.2 Å². The Morgan fingerprint density at radius 1 is 1.39 bits per heavy atom. The molecule has 1 aromatic carbocycles. The average Bonchev–Trinajstić information content (AvgIpc) is 2.35. The monoisotopic (exact) mass is 268 g/mol. The molecule has 0 amide bonds. The molecule has 0 spiro atoms. The Kier molecular flexibility index (Phi) is 6.75. The van der Waals surface area contributed by atoms with Gasteiger partial charge in [0.15, 0.2) is 0 Å². The largest absolute Gasteiger partial charge is 0.313 e. The van der Waals surface area contributed by atoms with E-state index >= 15 is 0 Å². The van der Waals surface area contributed by atoms with Crippen molar-refractivity contribution in [2.75, 3.05) is 18.6 Å². The molecule has 100 valence electrons. The van der Waals surface area contributed by atoms with E-state index in [1.54, 1.807) is 13.0 Å². The maximum atomic E-state index is 10.8. The summed E-state index contributed by atoms with van der Waals surface area (Å²) in [6, 6.07) is 5.41. The summed E-state index contributed by atoms with van der Waals surface area (Å²) >= 11 is 1.86.